The van der Waals surface area contributed by atoms with Gasteiger partial charge in [-0.3, -0.25) is 9.69 Å². The third-order valence-electron chi connectivity index (χ3n) is 5.60. The average molecular weight is 450 g/mol. The number of hydrogen-bond donors (Lipinski definition) is 1. The number of nitrogens with zero attached hydrogens (tertiary/aromatic N) is 2. The number of fused-ring (bicyclic) bond motifs is 1. The molecule has 0 spiro atoms. The second-order valence-electron chi connectivity index (χ2n) is 7.69. The van der Waals surface area contributed by atoms with Crippen LogP contribution in [0.4, 0.5) is 0 Å². The number of nitrogens with one attached hydrogen (secondary N) is 1. The SMILES string of the molecule is CCC(CNC(=O)c1ccc(Cl)c(S(=O)(=O)N(C)C)c1)N1CCc2ccccc2C1. The maximum absolute atomic E-state index is 12.7. The van der Waals surface area contributed by atoms with Crippen LogP contribution in [-0.2, 0) is 23.0 Å². The van der Waals surface area contributed by atoms with Crippen LogP contribution in [0.15, 0.2) is 47.4 Å². The van der Waals surface area contributed by atoms with Gasteiger partial charge in [0.1, 0.15) is 4.90 Å². The van der Waals surface area contributed by atoms with Crippen LogP contribution in [0.1, 0.15) is 34.8 Å². The molecule has 1 amide bonds. The van der Waals surface area contributed by atoms with Crippen molar-refractivity contribution in [2.24, 2.45) is 0 Å². The Bertz CT molecular complexity index is 1020. The number of hydrogen-bond acceptors (Lipinski definition) is 4. The topological polar surface area (TPSA) is 69.7 Å². The molecule has 6 nitrogen and oxygen atoms in total. The van der Waals surface area contributed by atoms with Crippen molar-refractivity contribution in [1.29, 1.82) is 0 Å². The van der Waals surface area contributed by atoms with Crippen LogP contribution < -0.4 is 5.32 Å². The Morgan fingerprint density at radius 2 is 1.90 bits per heavy atom. The summed E-state index contributed by atoms with van der Waals surface area (Å²) in [6.45, 7) is 4.44. The van der Waals surface area contributed by atoms with Crippen molar-refractivity contribution in [3.8, 4) is 0 Å². The Hall–Kier alpha value is -1.93. The van der Waals surface area contributed by atoms with Crippen molar-refractivity contribution in [2.45, 2.75) is 37.2 Å². The second kappa shape index (κ2) is 9.47. The molecule has 1 unspecified atom stereocenters. The molecule has 8 heteroatoms. The largest absolute Gasteiger partial charge is 0.350 e. The zero-order chi connectivity index (χ0) is 21.9. The lowest BCUT2D eigenvalue weighted by Crippen LogP contribution is -2.45. The quantitative estimate of drug-likeness (QED) is 0.704. The van der Waals surface area contributed by atoms with Gasteiger partial charge in [0, 0.05) is 45.3 Å². The third kappa shape index (κ3) is 4.86. The lowest BCUT2D eigenvalue weighted by Gasteiger charge is -2.35. The minimum Gasteiger partial charge on any atom is -0.350 e. The fourth-order valence-corrected chi connectivity index (χ4v) is 5.11. The van der Waals surface area contributed by atoms with Gasteiger partial charge in [0.15, 0.2) is 0 Å². The monoisotopic (exact) mass is 449 g/mol. The second-order valence-corrected chi connectivity index (χ2v) is 10.2. The molecule has 0 radical (unpaired) electrons. The van der Waals surface area contributed by atoms with Gasteiger partial charge in [-0.05, 0) is 42.2 Å². The van der Waals surface area contributed by atoms with Gasteiger partial charge in [0.2, 0.25) is 10.0 Å². The highest BCUT2D eigenvalue weighted by molar-refractivity contribution is 7.89. The van der Waals surface area contributed by atoms with Crippen molar-refractivity contribution in [1.82, 2.24) is 14.5 Å². The van der Waals surface area contributed by atoms with Crippen LogP contribution in [0.5, 0.6) is 0 Å². The van der Waals surface area contributed by atoms with E-state index in [1.807, 2.05) is 0 Å². The molecule has 0 saturated carbocycles. The van der Waals surface area contributed by atoms with Crippen LogP contribution in [-0.4, -0.2) is 56.8 Å². The Kier molecular flexibility index (Phi) is 7.18. The van der Waals surface area contributed by atoms with E-state index in [4.69, 9.17) is 11.6 Å². The summed E-state index contributed by atoms with van der Waals surface area (Å²) in [5.74, 6) is -0.308. The highest BCUT2D eigenvalue weighted by atomic mass is 35.5. The van der Waals surface area contributed by atoms with Crippen molar-refractivity contribution < 1.29 is 13.2 Å². The summed E-state index contributed by atoms with van der Waals surface area (Å²) in [7, 11) is -0.869. The maximum Gasteiger partial charge on any atom is 0.251 e. The molecule has 1 atom stereocenters. The van der Waals surface area contributed by atoms with Crippen LogP contribution in [0.25, 0.3) is 0 Å². The van der Waals surface area contributed by atoms with Crippen LogP contribution in [0.3, 0.4) is 0 Å². The molecule has 0 bridgehead atoms. The van der Waals surface area contributed by atoms with Crippen molar-refractivity contribution in [3.63, 3.8) is 0 Å². The molecule has 0 aromatic heterocycles. The summed E-state index contributed by atoms with van der Waals surface area (Å²) in [6, 6.07) is 13.0. The molecule has 1 aliphatic heterocycles. The molecule has 2 aromatic carbocycles. The van der Waals surface area contributed by atoms with Gasteiger partial charge in [0.05, 0.1) is 5.02 Å². The molecule has 162 valence electrons. The van der Waals surface area contributed by atoms with E-state index < -0.39 is 10.0 Å². The molecule has 30 heavy (non-hydrogen) atoms. The van der Waals surface area contributed by atoms with Crippen LogP contribution in [0.2, 0.25) is 5.02 Å². The molecule has 1 heterocycles. The predicted octanol–water partition coefficient (Wildman–Crippen LogP) is 3.16. The minimum atomic E-state index is -3.73. The number of carbonyl (C=O) groups is 1. The van der Waals surface area contributed by atoms with E-state index in [-0.39, 0.29) is 27.4 Å². The Labute approximate surface area is 183 Å². The summed E-state index contributed by atoms with van der Waals surface area (Å²) >= 11 is 6.08. The number of halogens is 1. The average Bonchev–Trinajstić information content (AvgIpc) is 2.74. The molecule has 1 N–H and O–H groups in total. The van der Waals surface area contributed by atoms with E-state index in [2.05, 4.69) is 41.4 Å². The van der Waals surface area contributed by atoms with Crippen molar-refractivity contribution >= 4 is 27.5 Å². The fraction of sp³-hybridized carbons (Fsp3) is 0.409. The Morgan fingerprint density at radius 3 is 2.57 bits per heavy atom. The Morgan fingerprint density at radius 1 is 1.20 bits per heavy atom. The summed E-state index contributed by atoms with van der Waals surface area (Å²) in [5.41, 5.74) is 3.01. The van der Waals surface area contributed by atoms with E-state index >= 15 is 0 Å². The predicted molar refractivity (Wildman–Crippen MR) is 119 cm³/mol. The number of amides is 1. The highest BCUT2D eigenvalue weighted by Crippen LogP contribution is 2.25. The molecule has 1 aliphatic rings. The minimum absolute atomic E-state index is 0.0681. The third-order valence-corrected chi connectivity index (χ3v) is 7.89. The lowest BCUT2D eigenvalue weighted by molar-refractivity contribution is 0.0926. The lowest BCUT2D eigenvalue weighted by atomic mass is 9.98. The molecule has 0 saturated heterocycles. The molecule has 0 fully saturated rings. The van der Waals surface area contributed by atoms with Gasteiger partial charge < -0.3 is 5.32 Å². The van der Waals surface area contributed by atoms with Gasteiger partial charge in [0.25, 0.3) is 5.91 Å². The van der Waals surface area contributed by atoms with E-state index in [0.717, 1.165) is 30.2 Å². The molecular formula is C22H28ClN3O3S. The van der Waals surface area contributed by atoms with Gasteiger partial charge in [-0.25, -0.2) is 12.7 Å². The standard InChI is InChI=1S/C22H28ClN3O3S/c1-4-19(26-12-11-16-7-5-6-8-18(16)15-26)14-24-22(27)17-9-10-20(23)21(13-17)30(28,29)25(2)3/h5-10,13,19H,4,11-12,14-15H2,1-3H3,(H,24,27). The molecular weight excluding hydrogens is 422 g/mol. The van der Waals surface area contributed by atoms with E-state index in [1.165, 1.54) is 37.4 Å². The van der Waals surface area contributed by atoms with Crippen LogP contribution in [0, 0.1) is 0 Å². The zero-order valence-corrected chi connectivity index (χ0v) is 19.1. The van der Waals surface area contributed by atoms with Gasteiger partial charge in [-0.15, -0.1) is 0 Å². The van der Waals surface area contributed by atoms with Crippen molar-refractivity contribution in [3.05, 3.63) is 64.2 Å². The smallest absolute Gasteiger partial charge is 0.251 e. The van der Waals surface area contributed by atoms with Crippen molar-refractivity contribution in [2.75, 3.05) is 27.2 Å². The Balaban J connectivity index is 1.69. The number of carbonyl (C=O) groups excluding carboxylic acids is 1. The summed E-state index contributed by atoms with van der Waals surface area (Å²) < 4.78 is 26.0. The first-order chi connectivity index (χ1) is 14.2. The maximum atomic E-state index is 12.7. The van der Waals surface area contributed by atoms with Gasteiger partial charge in [-0.2, -0.15) is 0 Å². The first kappa shape index (κ1) is 22.7. The van der Waals surface area contributed by atoms with Crippen LogP contribution >= 0.6 is 11.6 Å². The van der Waals surface area contributed by atoms with E-state index in [0.29, 0.717) is 6.54 Å². The van der Waals surface area contributed by atoms with E-state index in [9.17, 15) is 13.2 Å². The fourth-order valence-electron chi connectivity index (χ4n) is 3.71. The van der Waals surface area contributed by atoms with Gasteiger partial charge in [-0.1, -0.05) is 42.8 Å². The first-order valence-corrected chi connectivity index (χ1v) is 11.9. The van der Waals surface area contributed by atoms with Gasteiger partial charge >= 0.3 is 0 Å². The first-order valence-electron chi connectivity index (χ1n) is 10.0. The summed E-state index contributed by atoms with van der Waals surface area (Å²) in [4.78, 5) is 15.1. The number of benzene rings is 2. The number of sulfonamides is 1. The van der Waals surface area contributed by atoms with E-state index in [1.54, 1.807) is 6.07 Å². The molecule has 0 aliphatic carbocycles. The number of rotatable bonds is 7. The summed E-state index contributed by atoms with van der Waals surface area (Å²) in [5, 5.41) is 3.06. The zero-order valence-electron chi connectivity index (χ0n) is 17.6. The normalized spacial score (nSPS) is 15.6. The molecule has 2 aromatic rings. The highest BCUT2D eigenvalue weighted by Gasteiger charge is 2.24. The summed E-state index contributed by atoms with van der Waals surface area (Å²) in [6.07, 6.45) is 1.91. The molecule has 3 rings (SSSR count).